The molecule has 1 rings (SSSR count). The van der Waals surface area contributed by atoms with Crippen LogP contribution in [-0.2, 0) is 0 Å². The Hall–Kier alpha value is -0.900. The summed E-state index contributed by atoms with van der Waals surface area (Å²) in [6.45, 7) is 1.42. The average Bonchev–Trinajstić information content (AvgIpc) is 1.85. The summed E-state index contributed by atoms with van der Waals surface area (Å²) in [5.74, 6) is -0.0845. The highest BCUT2D eigenvalue weighted by atomic mass is 79.9. The standard InChI is InChI=1S/C7H6BrNO2/c1-4(10)7-6(8)2-5(11)3-9-7/h2-3,11H,1H3. The molecule has 0 aliphatic carbocycles. The van der Waals surface area contributed by atoms with Crippen LogP contribution in [0.25, 0.3) is 0 Å². The fourth-order valence-electron chi connectivity index (χ4n) is 0.687. The van der Waals surface area contributed by atoms with E-state index in [1.807, 2.05) is 0 Å². The Morgan fingerprint density at radius 2 is 2.36 bits per heavy atom. The van der Waals surface area contributed by atoms with Crippen LogP contribution in [0.2, 0.25) is 0 Å². The molecular formula is C7H6BrNO2. The van der Waals surface area contributed by atoms with Crippen LogP contribution in [0.15, 0.2) is 16.7 Å². The molecule has 58 valence electrons. The molecule has 1 N–H and O–H groups in total. The van der Waals surface area contributed by atoms with Crippen molar-refractivity contribution in [3.05, 3.63) is 22.4 Å². The van der Waals surface area contributed by atoms with E-state index in [9.17, 15) is 4.79 Å². The van der Waals surface area contributed by atoms with Crippen molar-refractivity contribution < 1.29 is 9.90 Å². The summed E-state index contributed by atoms with van der Waals surface area (Å²) >= 11 is 3.10. The number of hydrogen-bond donors (Lipinski definition) is 1. The Morgan fingerprint density at radius 1 is 1.73 bits per heavy atom. The van der Waals surface area contributed by atoms with Gasteiger partial charge in [-0.15, -0.1) is 0 Å². The molecule has 0 aromatic carbocycles. The Labute approximate surface area is 72.2 Å². The SMILES string of the molecule is CC(=O)c1ncc(O)cc1Br. The lowest BCUT2D eigenvalue weighted by atomic mass is 10.3. The fraction of sp³-hybridized carbons (Fsp3) is 0.143. The summed E-state index contributed by atoms with van der Waals surface area (Å²) < 4.78 is 0.519. The van der Waals surface area contributed by atoms with Crippen molar-refractivity contribution in [2.24, 2.45) is 0 Å². The predicted molar refractivity (Wildman–Crippen MR) is 43.6 cm³/mol. The normalized spacial score (nSPS) is 9.64. The number of pyridine rings is 1. The summed E-state index contributed by atoms with van der Waals surface area (Å²) in [6.07, 6.45) is 1.24. The van der Waals surface area contributed by atoms with E-state index in [0.29, 0.717) is 10.2 Å². The molecule has 0 bridgehead atoms. The number of aromatic nitrogens is 1. The van der Waals surface area contributed by atoms with Gasteiger partial charge in [0.25, 0.3) is 0 Å². The molecule has 0 radical (unpaired) electrons. The van der Waals surface area contributed by atoms with Crippen molar-refractivity contribution in [3.8, 4) is 5.75 Å². The topological polar surface area (TPSA) is 50.2 Å². The summed E-state index contributed by atoms with van der Waals surface area (Å²) in [6, 6.07) is 1.43. The number of Topliss-reactive ketones (excluding diaryl/α,β-unsaturated/α-hetero) is 1. The molecule has 1 aromatic heterocycles. The Balaban J connectivity index is 3.20. The molecule has 1 heterocycles. The maximum atomic E-state index is 10.8. The molecule has 3 nitrogen and oxygen atoms in total. The van der Waals surface area contributed by atoms with Crippen LogP contribution < -0.4 is 0 Å². The van der Waals surface area contributed by atoms with Gasteiger partial charge in [0.15, 0.2) is 5.78 Å². The van der Waals surface area contributed by atoms with E-state index >= 15 is 0 Å². The van der Waals surface area contributed by atoms with Gasteiger partial charge in [-0.3, -0.25) is 4.79 Å². The molecule has 4 heteroatoms. The van der Waals surface area contributed by atoms with E-state index in [0.717, 1.165) is 0 Å². The van der Waals surface area contributed by atoms with Crippen molar-refractivity contribution in [1.29, 1.82) is 0 Å². The Morgan fingerprint density at radius 3 is 2.82 bits per heavy atom. The van der Waals surface area contributed by atoms with E-state index in [1.54, 1.807) is 0 Å². The molecule has 0 amide bonds. The van der Waals surface area contributed by atoms with Crippen molar-refractivity contribution in [2.45, 2.75) is 6.92 Å². The largest absolute Gasteiger partial charge is 0.506 e. The van der Waals surface area contributed by atoms with Crippen LogP contribution in [0.4, 0.5) is 0 Å². The van der Waals surface area contributed by atoms with E-state index in [1.165, 1.54) is 19.2 Å². The molecule has 0 aliphatic rings. The zero-order chi connectivity index (χ0) is 8.43. The third-order valence-electron chi connectivity index (χ3n) is 1.16. The zero-order valence-electron chi connectivity index (χ0n) is 5.84. The average molecular weight is 216 g/mol. The van der Waals surface area contributed by atoms with E-state index < -0.39 is 0 Å². The van der Waals surface area contributed by atoms with Crippen molar-refractivity contribution in [1.82, 2.24) is 4.98 Å². The first kappa shape index (κ1) is 8.20. The summed E-state index contributed by atoms with van der Waals surface area (Å²) in [5.41, 5.74) is 0.336. The molecule has 0 fully saturated rings. The summed E-state index contributed by atoms with van der Waals surface area (Å²) in [7, 11) is 0. The van der Waals surface area contributed by atoms with Crippen LogP contribution in [0.1, 0.15) is 17.4 Å². The maximum absolute atomic E-state index is 10.8. The molecule has 0 unspecified atom stereocenters. The second kappa shape index (κ2) is 3.00. The van der Waals surface area contributed by atoms with Crippen LogP contribution in [-0.4, -0.2) is 15.9 Å². The lowest BCUT2D eigenvalue weighted by Crippen LogP contribution is -1.96. The van der Waals surface area contributed by atoms with Gasteiger partial charge >= 0.3 is 0 Å². The summed E-state index contributed by atoms with van der Waals surface area (Å²) in [5, 5.41) is 8.92. The number of nitrogens with zero attached hydrogens (tertiary/aromatic N) is 1. The minimum atomic E-state index is -0.128. The van der Waals surface area contributed by atoms with Gasteiger partial charge in [0.05, 0.1) is 10.7 Å². The van der Waals surface area contributed by atoms with Crippen LogP contribution >= 0.6 is 15.9 Å². The zero-order valence-corrected chi connectivity index (χ0v) is 7.42. The van der Waals surface area contributed by atoms with E-state index in [2.05, 4.69) is 20.9 Å². The van der Waals surface area contributed by atoms with Crippen LogP contribution in [0.3, 0.4) is 0 Å². The van der Waals surface area contributed by atoms with Crippen LogP contribution in [0.5, 0.6) is 5.75 Å². The third-order valence-corrected chi connectivity index (χ3v) is 1.76. The van der Waals surface area contributed by atoms with Gasteiger partial charge < -0.3 is 5.11 Å². The number of carbonyl (C=O) groups is 1. The van der Waals surface area contributed by atoms with Gasteiger partial charge in [0.1, 0.15) is 11.4 Å². The van der Waals surface area contributed by atoms with Gasteiger partial charge in [-0.05, 0) is 22.0 Å². The molecule has 11 heavy (non-hydrogen) atoms. The van der Waals surface area contributed by atoms with Crippen LogP contribution in [0, 0.1) is 0 Å². The number of hydrogen-bond acceptors (Lipinski definition) is 3. The van der Waals surface area contributed by atoms with Gasteiger partial charge in [0.2, 0.25) is 0 Å². The molecule has 0 saturated carbocycles. The number of ketones is 1. The highest BCUT2D eigenvalue weighted by Crippen LogP contribution is 2.19. The van der Waals surface area contributed by atoms with Crippen molar-refractivity contribution in [2.75, 3.05) is 0 Å². The number of aromatic hydroxyl groups is 1. The van der Waals surface area contributed by atoms with E-state index in [-0.39, 0.29) is 11.5 Å². The first-order chi connectivity index (χ1) is 5.11. The molecule has 0 aliphatic heterocycles. The monoisotopic (exact) mass is 215 g/mol. The minimum absolute atomic E-state index is 0.0434. The lowest BCUT2D eigenvalue weighted by Gasteiger charge is -1.97. The highest BCUT2D eigenvalue weighted by Gasteiger charge is 2.06. The van der Waals surface area contributed by atoms with Crippen molar-refractivity contribution in [3.63, 3.8) is 0 Å². The van der Waals surface area contributed by atoms with Crippen molar-refractivity contribution >= 4 is 21.7 Å². The number of halogens is 1. The maximum Gasteiger partial charge on any atom is 0.179 e. The van der Waals surface area contributed by atoms with Gasteiger partial charge in [-0.1, -0.05) is 0 Å². The first-order valence-corrected chi connectivity index (χ1v) is 3.76. The molecular weight excluding hydrogens is 210 g/mol. The molecule has 0 spiro atoms. The highest BCUT2D eigenvalue weighted by molar-refractivity contribution is 9.10. The Bertz CT molecular complexity index is 298. The summed E-state index contributed by atoms with van der Waals surface area (Å²) in [4.78, 5) is 14.5. The van der Waals surface area contributed by atoms with Gasteiger partial charge in [-0.25, -0.2) is 4.98 Å². The molecule has 0 saturated heterocycles. The lowest BCUT2D eigenvalue weighted by molar-refractivity contribution is 0.101. The fourth-order valence-corrected chi connectivity index (χ4v) is 1.30. The van der Waals surface area contributed by atoms with E-state index in [4.69, 9.17) is 5.11 Å². The second-order valence-corrected chi connectivity index (χ2v) is 2.93. The number of rotatable bonds is 1. The smallest absolute Gasteiger partial charge is 0.179 e. The quantitative estimate of drug-likeness (QED) is 0.727. The minimum Gasteiger partial charge on any atom is -0.506 e. The predicted octanol–water partition coefficient (Wildman–Crippen LogP) is 1.75. The first-order valence-electron chi connectivity index (χ1n) is 2.96. The number of carbonyl (C=O) groups excluding carboxylic acids is 1. The van der Waals surface area contributed by atoms with Gasteiger partial charge in [0, 0.05) is 6.92 Å². The van der Waals surface area contributed by atoms with Gasteiger partial charge in [-0.2, -0.15) is 0 Å². The Kier molecular flexibility index (Phi) is 2.24. The molecule has 1 aromatic rings. The second-order valence-electron chi connectivity index (χ2n) is 2.08. The molecule has 0 atom stereocenters. The third kappa shape index (κ3) is 1.77.